The molecule has 0 saturated carbocycles. The first-order valence-corrected chi connectivity index (χ1v) is 7.54. The molecule has 0 radical (unpaired) electrons. The second-order valence-corrected chi connectivity index (χ2v) is 5.94. The molecule has 0 aliphatic carbocycles. The average Bonchev–Trinajstić information content (AvgIpc) is 2.40. The second kappa shape index (κ2) is 8.55. The highest BCUT2D eigenvalue weighted by Crippen LogP contribution is 2.21. The fourth-order valence-corrected chi connectivity index (χ4v) is 1.96. The largest absolute Gasteiger partial charge is 0.493 e. The van der Waals surface area contributed by atoms with Crippen LogP contribution in [-0.4, -0.2) is 38.6 Å². The summed E-state index contributed by atoms with van der Waals surface area (Å²) in [6, 6.07) is 6.34. The molecule has 0 aliphatic heterocycles. The van der Waals surface area contributed by atoms with Gasteiger partial charge in [0.25, 0.3) is 0 Å². The predicted molar refractivity (Wildman–Crippen MR) is 90.0 cm³/mol. The maximum atomic E-state index is 5.96. The molecule has 0 unspecified atom stereocenters. The molecule has 118 valence electrons. The van der Waals surface area contributed by atoms with Crippen molar-refractivity contribution in [1.82, 2.24) is 10.2 Å². The first-order chi connectivity index (χ1) is 9.93. The molecule has 0 spiro atoms. The number of hydrogen-bond donors (Lipinski definition) is 1. The van der Waals surface area contributed by atoms with Gasteiger partial charge in [-0.2, -0.15) is 0 Å². The lowest BCUT2D eigenvalue weighted by Gasteiger charge is -2.18. The van der Waals surface area contributed by atoms with E-state index in [0.717, 1.165) is 30.3 Å². The van der Waals surface area contributed by atoms with E-state index in [2.05, 4.69) is 49.3 Å². The first kappa shape index (κ1) is 17.3. The van der Waals surface area contributed by atoms with Crippen LogP contribution in [0.1, 0.15) is 31.4 Å². The minimum atomic E-state index is 0.656. The fourth-order valence-electron chi connectivity index (χ4n) is 1.96. The molecule has 4 heteroatoms. The van der Waals surface area contributed by atoms with E-state index >= 15 is 0 Å². The van der Waals surface area contributed by atoms with Crippen molar-refractivity contribution in [3.05, 3.63) is 29.3 Å². The lowest BCUT2D eigenvalue weighted by molar-refractivity contribution is 0.286. The van der Waals surface area contributed by atoms with Gasteiger partial charge in [-0.3, -0.25) is 4.99 Å². The van der Waals surface area contributed by atoms with Crippen molar-refractivity contribution in [3.8, 4) is 5.75 Å². The number of rotatable bonds is 6. The van der Waals surface area contributed by atoms with Crippen molar-refractivity contribution in [1.29, 1.82) is 0 Å². The average molecular weight is 291 g/mol. The molecular formula is C17H29N3O. The van der Waals surface area contributed by atoms with Gasteiger partial charge in [-0.05, 0) is 30.9 Å². The van der Waals surface area contributed by atoms with Gasteiger partial charge in [0.05, 0.1) is 6.61 Å². The van der Waals surface area contributed by atoms with Crippen LogP contribution in [0.3, 0.4) is 0 Å². The van der Waals surface area contributed by atoms with Crippen molar-refractivity contribution in [2.24, 2.45) is 10.9 Å². The SMILES string of the molecule is CN=C(NCc1ccc(C)cc1OCCC(C)C)N(C)C. The maximum Gasteiger partial charge on any atom is 0.193 e. The van der Waals surface area contributed by atoms with Crippen LogP contribution in [0, 0.1) is 12.8 Å². The number of aliphatic imine (C=N–C) groups is 1. The lowest BCUT2D eigenvalue weighted by Crippen LogP contribution is -2.35. The van der Waals surface area contributed by atoms with Crippen LogP contribution in [0.15, 0.2) is 23.2 Å². The molecule has 1 N–H and O–H groups in total. The Bertz CT molecular complexity index is 467. The number of nitrogens with one attached hydrogen (secondary N) is 1. The molecule has 21 heavy (non-hydrogen) atoms. The second-order valence-electron chi connectivity index (χ2n) is 5.94. The third-order valence-corrected chi connectivity index (χ3v) is 3.25. The molecule has 0 heterocycles. The molecule has 1 aromatic rings. The Hall–Kier alpha value is -1.71. The van der Waals surface area contributed by atoms with Gasteiger partial charge in [0.1, 0.15) is 5.75 Å². The van der Waals surface area contributed by atoms with Gasteiger partial charge >= 0.3 is 0 Å². The molecule has 0 fully saturated rings. The van der Waals surface area contributed by atoms with Crippen LogP contribution >= 0.6 is 0 Å². The van der Waals surface area contributed by atoms with Crippen LogP contribution in [-0.2, 0) is 6.54 Å². The van der Waals surface area contributed by atoms with E-state index in [4.69, 9.17) is 4.74 Å². The summed E-state index contributed by atoms with van der Waals surface area (Å²) >= 11 is 0. The molecule has 0 amide bonds. The third-order valence-electron chi connectivity index (χ3n) is 3.25. The highest BCUT2D eigenvalue weighted by molar-refractivity contribution is 5.79. The van der Waals surface area contributed by atoms with Crippen LogP contribution < -0.4 is 10.1 Å². The van der Waals surface area contributed by atoms with Crippen LogP contribution in [0.2, 0.25) is 0 Å². The Balaban J connectivity index is 2.72. The Morgan fingerprint density at radius 1 is 1.33 bits per heavy atom. The minimum absolute atomic E-state index is 0.656. The van der Waals surface area contributed by atoms with E-state index in [9.17, 15) is 0 Å². The summed E-state index contributed by atoms with van der Waals surface area (Å²) in [6.07, 6.45) is 1.07. The van der Waals surface area contributed by atoms with Gasteiger partial charge in [0.15, 0.2) is 5.96 Å². The van der Waals surface area contributed by atoms with Crippen molar-refractivity contribution < 1.29 is 4.74 Å². The Labute approximate surface area is 129 Å². The van der Waals surface area contributed by atoms with Crippen molar-refractivity contribution >= 4 is 5.96 Å². The van der Waals surface area contributed by atoms with Gasteiger partial charge in [0, 0.05) is 33.3 Å². The molecular weight excluding hydrogens is 262 g/mol. The number of benzene rings is 1. The van der Waals surface area contributed by atoms with Gasteiger partial charge < -0.3 is 15.0 Å². The zero-order chi connectivity index (χ0) is 15.8. The molecule has 1 aromatic carbocycles. The summed E-state index contributed by atoms with van der Waals surface area (Å²) < 4.78 is 5.96. The van der Waals surface area contributed by atoms with Crippen molar-refractivity contribution in [3.63, 3.8) is 0 Å². The third kappa shape index (κ3) is 6.06. The van der Waals surface area contributed by atoms with Gasteiger partial charge in [0.2, 0.25) is 0 Å². The van der Waals surface area contributed by atoms with E-state index in [1.54, 1.807) is 7.05 Å². The van der Waals surface area contributed by atoms with Gasteiger partial charge in [-0.1, -0.05) is 26.0 Å². The molecule has 0 bridgehead atoms. The molecule has 0 saturated heterocycles. The summed E-state index contributed by atoms with van der Waals surface area (Å²) in [5, 5.41) is 3.34. The zero-order valence-corrected chi connectivity index (χ0v) is 14.2. The van der Waals surface area contributed by atoms with Gasteiger partial charge in [-0.25, -0.2) is 0 Å². The van der Waals surface area contributed by atoms with E-state index in [0.29, 0.717) is 12.5 Å². The molecule has 0 atom stereocenters. The van der Waals surface area contributed by atoms with Crippen molar-refractivity contribution in [2.45, 2.75) is 33.7 Å². The summed E-state index contributed by atoms with van der Waals surface area (Å²) in [5.41, 5.74) is 2.38. The number of nitrogens with zero attached hydrogens (tertiary/aromatic N) is 2. The zero-order valence-electron chi connectivity index (χ0n) is 14.2. The summed E-state index contributed by atoms with van der Waals surface area (Å²) in [7, 11) is 5.74. The maximum absolute atomic E-state index is 5.96. The minimum Gasteiger partial charge on any atom is -0.493 e. The smallest absolute Gasteiger partial charge is 0.193 e. The van der Waals surface area contributed by atoms with Crippen LogP contribution in [0.5, 0.6) is 5.75 Å². The highest BCUT2D eigenvalue weighted by Gasteiger charge is 2.07. The fraction of sp³-hybridized carbons (Fsp3) is 0.588. The van der Waals surface area contributed by atoms with Crippen LogP contribution in [0.25, 0.3) is 0 Å². The summed E-state index contributed by atoms with van der Waals surface area (Å²) in [4.78, 5) is 6.19. The highest BCUT2D eigenvalue weighted by atomic mass is 16.5. The van der Waals surface area contributed by atoms with Crippen molar-refractivity contribution in [2.75, 3.05) is 27.7 Å². The topological polar surface area (TPSA) is 36.9 Å². The molecule has 0 aromatic heterocycles. The first-order valence-electron chi connectivity index (χ1n) is 7.54. The van der Waals surface area contributed by atoms with Gasteiger partial charge in [-0.15, -0.1) is 0 Å². The number of hydrogen-bond acceptors (Lipinski definition) is 2. The monoisotopic (exact) mass is 291 g/mol. The quantitative estimate of drug-likeness (QED) is 0.646. The number of guanidine groups is 1. The number of ether oxygens (including phenoxy) is 1. The Morgan fingerprint density at radius 2 is 2.05 bits per heavy atom. The van der Waals surface area contributed by atoms with E-state index in [-0.39, 0.29) is 0 Å². The summed E-state index contributed by atoms with van der Waals surface area (Å²) in [5.74, 6) is 2.49. The normalized spacial score (nSPS) is 11.7. The Morgan fingerprint density at radius 3 is 2.62 bits per heavy atom. The Kier molecular flexibility index (Phi) is 7.06. The molecule has 0 aliphatic rings. The van der Waals surface area contributed by atoms with E-state index in [1.165, 1.54) is 5.56 Å². The van der Waals surface area contributed by atoms with E-state index in [1.807, 2.05) is 19.0 Å². The predicted octanol–water partition coefficient (Wildman–Crippen LogP) is 3.06. The van der Waals surface area contributed by atoms with E-state index < -0.39 is 0 Å². The molecule has 1 rings (SSSR count). The summed E-state index contributed by atoms with van der Waals surface area (Å²) in [6.45, 7) is 7.98. The standard InChI is InChI=1S/C17H29N3O/c1-13(2)9-10-21-16-11-14(3)7-8-15(16)12-19-17(18-4)20(5)6/h7-8,11,13H,9-10,12H2,1-6H3,(H,18,19). The number of aryl methyl sites for hydroxylation is 1. The molecule has 4 nitrogen and oxygen atoms in total. The van der Waals surface area contributed by atoms with Crippen LogP contribution in [0.4, 0.5) is 0 Å². The lowest BCUT2D eigenvalue weighted by atomic mass is 10.1.